The van der Waals surface area contributed by atoms with Crippen LogP contribution in [0.1, 0.15) is 51.2 Å². The van der Waals surface area contributed by atoms with Crippen molar-refractivity contribution in [2.24, 2.45) is 0 Å². The normalized spacial score (nSPS) is 9.15. The van der Waals surface area contributed by atoms with Gasteiger partial charge in [-0.3, -0.25) is 0 Å². The zero-order chi connectivity index (χ0) is 24.7. The lowest BCUT2D eigenvalue weighted by atomic mass is 10.2. The number of aryl methyl sites for hydroxylation is 2. The van der Waals surface area contributed by atoms with Gasteiger partial charge in [-0.15, -0.1) is 0 Å². The van der Waals surface area contributed by atoms with E-state index in [1.807, 2.05) is 94.4 Å². The maximum absolute atomic E-state index is 8.51. The summed E-state index contributed by atoms with van der Waals surface area (Å²) in [6.45, 7) is 12.1. The number of hydrogen-bond acceptors (Lipinski definition) is 4. The van der Waals surface area contributed by atoms with E-state index >= 15 is 0 Å². The number of unbranched alkanes of at least 4 members (excludes halogenated alkanes) is 1. The van der Waals surface area contributed by atoms with Crippen molar-refractivity contribution in [3.05, 3.63) is 90.0 Å². The molecule has 4 nitrogen and oxygen atoms in total. The summed E-state index contributed by atoms with van der Waals surface area (Å²) in [6, 6.07) is 26.0. The van der Waals surface area contributed by atoms with Crippen LogP contribution >= 0.6 is 0 Å². The van der Waals surface area contributed by atoms with Crippen LogP contribution in [0.3, 0.4) is 0 Å². The number of para-hydroxylation sites is 1. The van der Waals surface area contributed by atoms with Crippen molar-refractivity contribution in [2.45, 2.75) is 53.9 Å². The topological polar surface area (TPSA) is 67.5 Å². The van der Waals surface area contributed by atoms with Gasteiger partial charge < -0.3 is 20.9 Å². The predicted molar refractivity (Wildman–Crippen MR) is 145 cm³/mol. The molecule has 0 aliphatic rings. The number of anilines is 2. The van der Waals surface area contributed by atoms with Crippen molar-refractivity contribution in [3.63, 3.8) is 0 Å². The van der Waals surface area contributed by atoms with Gasteiger partial charge in [-0.25, -0.2) is 0 Å². The van der Waals surface area contributed by atoms with Crippen molar-refractivity contribution < 1.29 is 9.84 Å². The molecule has 0 unspecified atom stereocenters. The van der Waals surface area contributed by atoms with E-state index in [4.69, 9.17) is 15.6 Å². The van der Waals surface area contributed by atoms with E-state index in [-0.39, 0.29) is 6.61 Å². The molecule has 0 bridgehead atoms. The number of benzene rings is 3. The summed E-state index contributed by atoms with van der Waals surface area (Å²) in [5.74, 6) is 0.869. The fraction of sp³-hybridized carbons (Fsp3) is 0.379. The lowest BCUT2D eigenvalue weighted by molar-refractivity contribution is 0.233. The minimum atomic E-state index is 0.186. The van der Waals surface area contributed by atoms with Crippen LogP contribution in [0.15, 0.2) is 78.9 Å². The fourth-order valence-electron chi connectivity index (χ4n) is 2.42. The summed E-state index contributed by atoms with van der Waals surface area (Å²) in [6.07, 6.45) is 3.18. The minimum Gasteiger partial charge on any atom is -0.494 e. The molecule has 3 rings (SSSR count). The molecule has 0 aliphatic carbocycles. The van der Waals surface area contributed by atoms with Crippen LogP contribution in [-0.2, 0) is 0 Å². The third kappa shape index (κ3) is 17.3. The molecular formula is C29H44N2O2. The Morgan fingerprint density at radius 2 is 1.33 bits per heavy atom. The Labute approximate surface area is 201 Å². The smallest absolute Gasteiger partial charge is 0.119 e. The van der Waals surface area contributed by atoms with Crippen LogP contribution in [0.25, 0.3) is 0 Å². The molecule has 182 valence electrons. The van der Waals surface area contributed by atoms with E-state index in [0.717, 1.165) is 18.0 Å². The highest BCUT2D eigenvalue weighted by atomic mass is 16.5. The van der Waals surface area contributed by atoms with E-state index in [2.05, 4.69) is 24.4 Å². The molecule has 0 saturated heterocycles. The number of nitrogens with one attached hydrogen (secondary N) is 1. The second-order valence-electron chi connectivity index (χ2n) is 7.30. The van der Waals surface area contributed by atoms with Gasteiger partial charge in [0.2, 0.25) is 0 Å². The Morgan fingerprint density at radius 3 is 1.82 bits per heavy atom. The van der Waals surface area contributed by atoms with Crippen LogP contribution in [0.2, 0.25) is 0 Å². The summed E-state index contributed by atoms with van der Waals surface area (Å²) in [5, 5.41) is 11.9. The Balaban J connectivity index is 0.000000456. The number of hydrogen-bond donors (Lipinski definition) is 3. The lowest BCUT2D eigenvalue weighted by Gasteiger charge is -2.04. The summed E-state index contributed by atoms with van der Waals surface area (Å²) < 4.78 is 5.34. The van der Waals surface area contributed by atoms with Crippen LogP contribution < -0.4 is 15.8 Å². The highest BCUT2D eigenvalue weighted by Crippen LogP contribution is 2.11. The summed E-state index contributed by atoms with van der Waals surface area (Å²) in [7, 11) is 0. The van der Waals surface area contributed by atoms with Gasteiger partial charge in [0.15, 0.2) is 0 Å². The van der Waals surface area contributed by atoms with E-state index in [9.17, 15) is 0 Å². The summed E-state index contributed by atoms with van der Waals surface area (Å²) >= 11 is 0. The molecule has 0 fully saturated rings. The first-order valence-electron chi connectivity index (χ1n) is 12.0. The molecule has 0 heterocycles. The highest BCUT2D eigenvalue weighted by molar-refractivity contribution is 5.42. The molecule has 0 radical (unpaired) electrons. The molecule has 0 saturated carbocycles. The number of nitrogens with two attached hydrogens (primary N) is 1. The first-order valence-corrected chi connectivity index (χ1v) is 12.0. The molecule has 4 N–H and O–H groups in total. The molecule has 3 aromatic rings. The van der Waals surface area contributed by atoms with Crippen molar-refractivity contribution in [1.29, 1.82) is 0 Å². The highest BCUT2D eigenvalue weighted by Gasteiger charge is 1.91. The lowest BCUT2D eigenvalue weighted by Crippen LogP contribution is -1.99. The Kier molecular flexibility index (Phi) is 19.0. The van der Waals surface area contributed by atoms with E-state index in [0.29, 0.717) is 13.0 Å². The number of aliphatic hydroxyl groups excluding tert-OH is 1. The van der Waals surface area contributed by atoms with Gasteiger partial charge >= 0.3 is 0 Å². The molecular weight excluding hydrogens is 408 g/mol. The van der Waals surface area contributed by atoms with E-state index in [1.54, 1.807) is 0 Å². The maximum Gasteiger partial charge on any atom is 0.119 e. The number of nitrogen functional groups attached to an aromatic ring is 1. The largest absolute Gasteiger partial charge is 0.494 e. The van der Waals surface area contributed by atoms with E-state index < -0.39 is 0 Å². The first kappa shape index (κ1) is 30.0. The standard InChI is InChI=1S/C10H15N.C10H14O2.C7H9N.C2H6/c1-2-3-9-11-10-7-5-4-6-8-10;1-9-3-5-10(6-4-9)12-8-2-7-11;1-6-2-4-7(8)5-3-6;1-2/h4-8,11H,2-3,9H2,1H3;3-6,11H,2,7-8H2,1H3;2-5H,8H2,1H3;1-2H3. The summed E-state index contributed by atoms with van der Waals surface area (Å²) in [5.41, 5.74) is 9.95. The van der Waals surface area contributed by atoms with Gasteiger partial charge in [0.25, 0.3) is 0 Å². The predicted octanol–water partition coefficient (Wildman–Crippen LogP) is 7.26. The third-order valence-electron chi connectivity index (χ3n) is 4.30. The molecule has 3 aromatic carbocycles. The molecule has 4 heteroatoms. The Bertz CT molecular complexity index is 767. The Morgan fingerprint density at radius 1 is 0.788 bits per heavy atom. The minimum absolute atomic E-state index is 0.186. The van der Waals surface area contributed by atoms with Crippen molar-refractivity contribution >= 4 is 11.4 Å². The van der Waals surface area contributed by atoms with Gasteiger partial charge in [0.1, 0.15) is 5.75 Å². The zero-order valence-corrected chi connectivity index (χ0v) is 21.2. The number of aliphatic hydroxyl groups is 1. The molecule has 0 amide bonds. The van der Waals surface area contributed by atoms with E-state index in [1.165, 1.54) is 29.7 Å². The average molecular weight is 453 g/mol. The maximum atomic E-state index is 8.51. The van der Waals surface area contributed by atoms with Crippen LogP contribution in [0, 0.1) is 13.8 Å². The van der Waals surface area contributed by atoms with Gasteiger partial charge in [-0.05, 0) is 56.7 Å². The fourth-order valence-corrected chi connectivity index (χ4v) is 2.42. The SMILES string of the molecule is CC.CCCCNc1ccccc1.Cc1ccc(N)cc1.Cc1ccc(OCCCO)cc1. The van der Waals surface area contributed by atoms with Crippen molar-refractivity contribution in [2.75, 3.05) is 30.8 Å². The van der Waals surface area contributed by atoms with Crippen molar-refractivity contribution in [1.82, 2.24) is 0 Å². The summed E-state index contributed by atoms with van der Waals surface area (Å²) in [4.78, 5) is 0. The van der Waals surface area contributed by atoms with Crippen LogP contribution in [0.5, 0.6) is 5.75 Å². The molecule has 0 aromatic heterocycles. The molecule has 0 spiro atoms. The monoisotopic (exact) mass is 452 g/mol. The Hall–Kier alpha value is -2.98. The zero-order valence-electron chi connectivity index (χ0n) is 21.2. The van der Waals surface area contributed by atoms with Gasteiger partial charge in [0, 0.05) is 30.9 Å². The number of ether oxygens (including phenoxy) is 1. The molecule has 0 atom stereocenters. The van der Waals surface area contributed by atoms with Crippen LogP contribution in [-0.4, -0.2) is 24.9 Å². The van der Waals surface area contributed by atoms with Crippen molar-refractivity contribution in [3.8, 4) is 5.75 Å². The second kappa shape index (κ2) is 20.9. The quantitative estimate of drug-likeness (QED) is 0.248. The number of rotatable bonds is 8. The van der Waals surface area contributed by atoms with Gasteiger partial charge in [-0.2, -0.15) is 0 Å². The second-order valence-corrected chi connectivity index (χ2v) is 7.30. The van der Waals surface area contributed by atoms with Crippen LogP contribution in [0.4, 0.5) is 11.4 Å². The third-order valence-corrected chi connectivity index (χ3v) is 4.30. The molecule has 0 aliphatic heterocycles. The van der Waals surface area contributed by atoms with Gasteiger partial charge in [-0.1, -0.05) is 80.8 Å². The van der Waals surface area contributed by atoms with Gasteiger partial charge in [0.05, 0.1) is 6.61 Å². The average Bonchev–Trinajstić information content (AvgIpc) is 2.85. The first-order chi connectivity index (χ1) is 16.0. The molecule has 33 heavy (non-hydrogen) atoms.